The number of thioether (sulfide) groups is 1. The monoisotopic (exact) mass is 357 g/mol. The zero-order chi connectivity index (χ0) is 17.1. The van der Waals surface area contributed by atoms with Gasteiger partial charge in [0, 0.05) is 17.1 Å². The molecule has 0 spiro atoms. The average molecular weight is 357 g/mol. The Morgan fingerprint density at radius 3 is 2.96 bits per heavy atom. The molecule has 0 radical (unpaired) electrons. The molecule has 1 fully saturated rings. The lowest BCUT2D eigenvalue weighted by atomic mass is 9.98. The number of aromatic amines is 1. The van der Waals surface area contributed by atoms with E-state index in [9.17, 15) is 4.79 Å². The molecule has 0 amide bonds. The molecule has 2 heterocycles. The normalized spacial score (nSPS) is 15.5. The number of fused-ring (bicyclic) bond motifs is 1. The number of para-hydroxylation sites is 1. The number of nitrogens with one attached hydrogen (secondary N) is 1. The molecule has 0 bridgehead atoms. The summed E-state index contributed by atoms with van der Waals surface area (Å²) in [6.45, 7) is 0. The highest BCUT2D eigenvalue weighted by atomic mass is 32.2. The predicted octanol–water partition coefficient (Wildman–Crippen LogP) is 4.19. The van der Waals surface area contributed by atoms with Gasteiger partial charge in [0.25, 0.3) is 11.1 Å². The van der Waals surface area contributed by atoms with Gasteiger partial charge in [-0.3, -0.25) is 4.79 Å². The number of aromatic nitrogens is 3. The quantitative estimate of drug-likeness (QED) is 0.545. The van der Waals surface area contributed by atoms with Crippen LogP contribution in [0.5, 0.6) is 0 Å². The topological polar surface area (TPSA) is 81.0 Å². The van der Waals surface area contributed by atoms with Crippen molar-refractivity contribution in [2.75, 3.05) is 5.75 Å². The Labute approximate surface area is 149 Å². The Bertz CT molecular complexity index is 867. The van der Waals surface area contributed by atoms with Gasteiger partial charge in [-0.1, -0.05) is 36.4 Å². The summed E-state index contributed by atoms with van der Waals surface area (Å²) in [6, 6.07) is 7.93. The second kappa shape index (κ2) is 7.31. The van der Waals surface area contributed by atoms with Crippen LogP contribution in [0.2, 0.25) is 0 Å². The largest absolute Gasteiger partial charge is 0.462 e. The maximum Gasteiger partial charge on any atom is 0.316 e. The van der Waals surface area contributed by atoms with Crippen LogP contribution in [0.15, 0.2) is 40.1 Å². The standard InChI is InChI=1S/C18H19N3O3S/c22-16(23-12-6-2-1-3-7-12)11-25-18-21-20-17(24-18)14-10-19-15-9-5-4-8-13(14)15/h4-5,8-10,12,19H,1-3,6-7,11H2. The smallest absolute Gasteiger partial charge is 0.316 e. The summed E-state index contributed by atoms with van der Waals surface area (Å²) in [7, 11) is 0. The lowest BCUT2D eigenvalue weighted by Gasteiger charge is -2.21. The molecule has 130 valence electrons. The van der Waals surface area contributed by atoms with Gasteiger partial charge in [0.05, 0.1) is 5.56 Å². The summed E-state index contributed by atoms with van der Waals surface area (Å²) in [5, 5.41) is 9.52. The fraction of sp³-hybridized carbons (Fsp3) is 0.389. The van der Waals surface area contributed by atoms with Crippen LogP contribution in [0.25, 0.3) is 22.4 Å². The van der Waals surface area contributed by atoms with Crippen molar-refractivity contribution in [3.05, 3.63) is 30.5 Å². The predicted molar refractivity (Wildman–Crippen MR) is 95.3 cm³/mol. The van der Waals surface area contributed by atoms with Crippen LogP contribution in [0.3, 0.4) is 0 Å². The minimum atomic E-state index is -0.219. The molecule has 0 atom stereocenters. The maximum atomic E-state index is 12.0. The minimum absolute atomic E-state index is 0.0753. The van der Waals surface area contributed by atoms with Crippen LogP contribution in [-0.2, 0) is 9.53 Å². The van der Waals surface area contributed by atoms with E-state index in [1.807, 2.05) is 30.5 Å². The van der Waals surface area contributed by atoms with Crippen molar-refractivity contribution in [2.45, 2.75) is 43.4 Å². The second-order valence-electron chi connectivity index (χ2n) is 6.16. The van der Waals surface area contributed by atoms with Crippen LogP contribution in [-0.4, -0.2) is 33.0 Å². The number of ether oxygens (including phenoxy) is 1. The Balaban J connectivity index is 1.37. The van der Waals surface area contributed by atoms with Crippen molar-refractivity contribution in [3.63, 3.8) is 0 Å². The summed E-state index contributed by atoms with van der Waals surface area (Å²) in [5.74, 6) is 0.413. The molecular weight excluding hydrogens is 338 g/mol. The number of nitrogens with zero attached hydrogens (tertiary/aromatic N) is 2. The molecule has 0 unspecified atom stereocenters. The van der Waals surface area contributed by atoms with E-state index >= 15 is 0 Å². The van der Waals surface area contributed by atoms with Crippen LogP contribution >= 0.6 is 11.8 Å². The van der Waals surface area contributed by atoms with Crippen molar-refractivity contribution in [1.82, 2.24) is 15.2 Å². The number of H-pyrrole nitrogens is 1. The minimum Gasteiger partial charge on any atom is -0.462 e. The third kappa shape index (κ3) is 3.71. The number of hydrogen-bond donors (Lipinski definition) is 1. The van der Waals surface area contributed by atoms with Crippen LogP contribution in [0.1, 0.15) is 32.1 Å². The van der Waals surface area contributed by atoms with Crippen molar-refractivity contribution < 1.29 is 13.9 Å². The molecule has 1 saturated carbocycles. The first-order valence-corrected chi connectivity index (χ1v) is 9.50. The highest BCUT2D eigenvalue weighted by molar-refractivity contribution is 7.99. The third-order valence-corrected chi connectivity index (χ3v) is 5.18. The first-order valence-electron chi connectivity index (χ1n) is 8.52. The highest BCUT2D eigenvalue weighted by Gasteiger charge is 2.19. The van der Waals surface area contributed by atoms with Crippen LogP contribution in [0, 0.1) is 0 Å². The number of carbonyl (C=O) groups excluding carboxylic acids is 1. The van der Waals surface area contributed by atoms with Gasteiger partial charge in [-0.05, 0) is 31.7 Å². The van der Waals surface area contributed by atoms with E-state index < -0.39 is 0 Å². The fourth-order valence-corrected chi connectivity index (χ4v) is 3.69. The summed E-state index contributed by atoms with van der Waals surface area (Å²) in [5.41, 5.74) is 1.88. The second-order valence-corrected chi connectivity index (χ2v) is 7.09. The van der Waals surface area contributed by atoms with Gasteiger partial charge in [0.2, 0.25) is 0 Å². The number of carbonyl (C=O) groups is 1. The molecule has 1 N–H and O–H groups in total. The zero-order valence-electron chi connectivity index (χ0n) is 13.7. The number of hydrogen-bond acceptors (Lipinski definition) is 6. The Hall–Kier alpha value is -2.28. The summed E-state index contributed by atoms with van der Waals surface area (Å²) in [4.78, 5) is 15.1. The Morgan fingerprint density at radius 2 is 2.08 bits per heavy atom. The van der Waals surface area contributed by atoms with E-state index in [1.165, 1.54) is 18.2 Å². The molecule has 1 aromatic carbocycles. The van der Waals surface area contributed by atoms with E-state index in [-0.39, 0.29) is 17.8 Å². The van der Waals surface area contributed by atoms with Crippen molar-refractivity contribution in [1.29, 1.82) is 0 Å². The SMILES string of the molecule is O=C(CSc1nnc(-c2c[nH]c3ccccc23)o1)OC1CCCCC1. The Morgan fingerprint density at radius 1 is 1.24 bits per heavy atom. The third-order valence-electron chi connectivity index (χ3n) is 4.39. The van der Waals surface area contributed by atoms with Gasteiger partial charge >= 0.3 is 5.97 Å². The van der Waals surface area contributed by atoms with Gasteiger partial charge in [-0.15, -0.1) is 10.2 Å². The van der Waals surface area contributed by atoms with Crippen LogP contribution < -0.4 is 0 Å². The average Bonchev–Trinajstić information content (AvgIpc) is 3.27. The molecule has 3 aromatic rings. The van der Waals surface area contributed by atoms with E-state index in [1.54, 1.807) is 0 Å². The van der Waals surface area contributed by atoms with E-state index in [0.717, 1.165) is 42.1 Å². The molecule has 0 saturated heterocycles. The van der Waals surface area contributed by atoms with Gasteiger partial charge in [0.15, 0.2) is 0 Å². The molecule has 4 rings (SSSR count). The number of esters is 1. The van der Waals surface area contributed by atoms with Crippen molar-refractivity contribution >= 4 is 28.6 Å². The van der Waals surface area contributed by atoms with Gasteiger partial charge in [0.1, 0.15) is 11.9 Å². The first-order chi connectivity index (χ1) is 12.3. The van der Waals surface area contributed by atoms with E-state index in [4.69, 9.17) is 9.15 Å². The van der Waals surface area contributed by atoms with Gasteiger partial charge in [-0.2, -0.15) is 0 Å². The Kier molecular flexibility index (Phi) is 4.74. The zero-order valence-corrected chi connectivity index (χ0v) is 14.6. The molecule has 2 aromatic heterocycles. The first kappa shape index (κ1) is 16.2. The van der Waals surface area contributed by atoms with E-state index in [2.05, 4.69) is 15.2 Å². The lowest BCUT2D eigenvalue weighted by Crippen LogP contribution is -2.21. The molecule has 1 aliphatic rings. The molecule has 1 aliphatic carbocycles. The molecular formula is C18H19N3O3S. The summed E-state index contributed by atoms with van der Waals surface area (Å²) < 4.78 is 11.2. The summed E-state index contributed by atoms with van der Waals surface area (Å²) in [6.07, 6.45) is 7.39. The van der Waals surface area contributed by atoms with E-state index in [0.29, 0.717) is 11.1 Å². The maximum absolute atomic E-state index is 12.0. The summed E-state index contributed by atoms with van der Waals surface area (Å²) >= 11 is 1.22. The van der Waals surface area contributed by atoms with Gasteiger partial charge < -0.3 is 14.1 Å². The number of rotatable bonds is 5. The molecule has 7 heteroatoms. The number of benzene rings is 1. The van der Waals surface area contributed by atoms with Gasteiger partial charge in [-0.25, -0.2) is 0 Å². The van der Waals surface area contributed by atoms with Crippen molar-refractivity contribution in [2.24, 2.45) is 0 Å². The highest BCUT2D eigenvalue weighted by Crippen LogP contribution is 2.29. The van der Waals surface area contributed by atoms with Crippen molar-refractivity contribution in [3.8, 4) is 11.5 Å². The van der Waals surface area contributed by atoms with Crippen LogP contribution in [0.4, 0.5) is 0 Å². The molecule has 6 nitrogen and oxygen atoms in total. The molecule has 25 heavy (non-hydrogen) atoms. The lowest BCUT2D eigenvalue weighted by molar-refractivity contribution is -0.147. The molecule has 0 aliphatic heterocycles. The fourth-order valence-electron chi connectivity index (χ4n) is 3.15.